The lowest BCUT2D eigenvalue weighted by Gasteiger charge is -2.36. The molecular weight excluding hydrogens is 274 g/mol. The highest BCUT2D eigenvalue weighted by molar-refractivity contribution is 7.86. The molecule has 0 amide bonds. The molecule has 7 heteroatoms. The molecule has 2 N–H and O–H groups in total. The van der Waals surface area contributed by atoms with Crippen molar-refractivity contribution in [3.63, 3.8) is 0 Å². The van der Waals surface area contributed by atoms with Crippen molar-refractivity contribution in [1.29, 1.82) is 0 Å². The van der Waals surface area contributed by atoms with Gasteiger partial charge in [-0.2, -0.15) is 17.0 Å². The Morgan fingerprint density at radius 1 is 1.11 bits per heavy atom. The molecule has 0 aromatic carbocycles. The fraction of sp³-hybridized carbons (Fsp3) is 1.00. The van der Waals surface area contributed by atoms with E-state index in [4.69, 9.17) is 5.73 Å². The Morgan fingerprint density at radius 2 is 1.78 bits per heavy atom. The summed E-state index contributed by atoms with van der Waals surface area (Å²) in [6.07, 6.45) is 4.92. The van der Waals surface area contributed by atoms with E-state index in [1.807, 2.05) is 6.92 Å². The monoisotopic (exact) mass is 297 g/mol. The highest BCUT2D eigenvalue weighted by atomic mass is 35.5. The fourth-order valence-electron chi connectivity index (χ4n) is 2.90. The number of nitrogens with two attached hydrogens (primary N) is 1. The zero-order valence-electron chi connectivity index (χ0n) is 10.9. The standard InChI is InChI=1S/C11H23N3O2S.ClH/c1-10-5-2-3-7-13(10)17(15,16)14-8-4-6-11(14)9-12;/h10-11H,2-9,12H2,1H3;1H. The predicted molar refractivity (Wildman–Crippen MR) is 75.0 cm³/mol. The number of halogens is 1. The first-order chi connectivity index (χ1) is 8.07. The van der Waals surface area contributed by atoms with Crippen LogP contribution in [0.5, 0.6) is 0 Å². The number of hydrogen-bond acceptors (Lipinski definition) is 3. The third kappa shape index (κ3) is 2.99. The molecule has 2 fully saturated rings. The molecule has 2 unspecified atom stereocenters. The predicted octanol–water partition coefficient (Wildman–Crippen LogP) is 0.950. The number of rotatable bonds is 3. The Morgan fingerprint density at radius 3 is 2.39 bits per heavy atom. The molecule has 2 rings (SSSR count). The van der Waals surface area contributed by atoms with Crippen LogP contribution >= 0.6 is 12.4 Å². The van der Waals surface area contributed by atoms with Gasteiger partial charge in [-0.3, -0.25) is 0 Å². The molecule has 2 atom stereocenters. The van der Waals surface area contributed by atoms with Crippen molar-refractivity contribution < 1.29 is 8.42 Å². The second kappa shape index (κ2) is 6.52. The highest BCUT2D eigenvalue weighted by Crippen LogP contribution is 2.27. The summed E-state index contributed by atoms with van der Waals surface area (Å²) in [4.78, 5) is 0. The Labute approximate surface area is 116 Å². The summed E-state index contributed by atoms with van der Waals surface area (Å²) in [7, 11) is -3.29. The van der Waals surface area contributed by atoms with Gasteiger partial charge in [0, 0.05) is 31.7 Å². The molecule has 2 aliphatic rings. The number of hydrogen-bond donors (Lipinski definition) is 1. The van der Waals surface area contributed by atoms with Gasteiger partial charge in [0.05, 0.1) is 0 Å². The summed E-state index contributed by atoms with van der Waals surface area (Å²) in [5, 5.41) is 0. The molecule has 2 heterocycles. The molecule has 2 saturated heterocycles. The van der Waals surface area contributed by atoms with Gasteiger partial charge in [0.15, 0.2) is 0 Å². The Balaban J connectivity index is 0.00000162. The van der Waals surface area contributed by atoms with E-state index in [1.54, 1.807) is 8.61 Å². The number of piperidine rings is 1. The maximum Gasteiger partial charge on any atom is 0.282 e. The molecule has 2 aliphatic heterocycles. The third-order valence-electron chi connectivity index (χ3n) is 3.93. The summed E-state index contributed by atoms with van der Waals surface area (Å²) in [6.45, 7) is 3.73. The lowest BCUT2D eigenvalue weighted by Crippen LogP contribution is -2.52. The average molecular weight is 298 g/mol. The minimum atomic E-state index is -3.29. The Kier molecular flexibility index (Phi) is 5.86. The first kappa shape index (κ1) is 16.2. The maximum absolute atomic E-state index is 12.6. The van der Waals surface area contributed by atoms with E-state index >= 15 is 0 Å². The zero-order valence-corrected chi connectivity index (χ0v) is 12.5. The van der Waals surface area contributed by atoms with E-state index in [0.29, 0.717) is 19.6 Å². The first-order valence-electron chi connectivity index (χ1n) is 6.56. The van der Waals surface area contributed by atoms with Gasteiger partial charge in [-0.05, 0) is 32.6 Å². The number of nitrogens with zero attached hydrogens (tertiary/aromatic N) is 2. The van der Waals surface area contributed by atoms with E-state index in [0.717, 1.165) is 32.1 Å². The minimum absolute atomic E-state index is 0. The third-order valence-corrected chi connectivity index (χ3v) is 6.14. The summed E-state index contributed by atoms with van der Waals surface area (Å²) in [5.41, 5.74) is 5.66. The van der Waals surface area contributed by atoms with Crippen LogP contribution in [0.3, 0.4) is 0 Å². The van der Waals surface area contributed by atoms with Gasteiger partial charge in [-0.15, -0.1) is 12.4 Å². The van der Waals surface area contributed by atoms with Crippen LogP contribution in [-0.4, -0.2) is 48.7 Å². The maximum atomic E-state index is 12.6. The Hall–Kier alpha value is 0.120. The van der Waals surface area contributed by atoms with Gasteiger partial charge < -0.3 is 5.73 Å². The SMILES string of the molecule is CC1CCCCN1S(=O)(=O)N1CCCC1CN.Cl. The molecule has 0 aromatic rings. The molecule has 0 radical (unpaired) electrons. The van der Waals surface area contributed by atoms with Crippen molar-refractivity contribution in [2.75, 3.05) is 19.6 Å². The summed E-state index contributed by atoms with van der Waals surface area (Å²) in [5.74, 6) is 0. The van der Waals surface area contributed by atoms with Crippen molar-refractivity contribution in [1.82, 2.24) is 8.61 Å². The first-order valence-corrected chi connectivity index (χ1v) is 7.95. The van der Waals surface area contributed by atoms with Crippen molar-refractivity contribution in [2.24, 2.45) is 5.73 Å². The van der Waals surface area contributed by atoms with Crippen LogP contribution in [0.15, 0.2) is 0 Å². The van der Waals surface area contributed by atoms with E-state index in [2.05, 4.69) is 0 Å². The van der Waals surface area contributed by atoms with Crippen molar-refractivity contribution >= 4 is 22.6 Å². The van der Waals surface area contributed by atoms with Gasteiger partial charge >= 0.3 is 0 Å². The topological polar surface area (TPSA) is 66.6 Å². The summed E-state index contributed by atoms with van der Waals surface area (Å²) < 4.78 is 28.4. The van der Waals surface area contributed by atoms with Gasteiger partial charge in [-0.1, -0.05) is 6.42 Å². The van der Waals surface area contributed by atoms with E-state index in [9.17, 15) is 8.42 Å². The zero-order chi connectivity index (χ0) is 12.5. The second-order valence-corrected chi connectivity index (χ2v) is 6.94. The molecule has 0 bridgehead atoms. The quantitative estimate of drug-likeness (QED) is 0.843. The Bertz CT molecular complexity index is 355. The second-order valence-electron chi connectivity index (χ2n) is 5.11. The van der Waals surface area contributed by atoms with Gasteiger partial charge in [0.2, 0.25) is 0 Å². The molecule has 18 heavy (non-hydrogen) atoms. The van der Waals surface area contributed by atoms with Crippen LogP contribution in [-0.2, 0) is 10.2 Å². The van der Waals surface area contributed by atoms with Crippen LogP contribution in [0, 0.1) is 0 Å². The smallest absolute Gasteiger partial charge is 0.282 e. The van der Waals surface area contributed by atoms with E-state index in [1.165, 1.54) is 0 Å². The molecule has 0 aliphatic carbocycles. The fourth-order valence-corrected chi connectivity index (χ4v) is 5.02. The van der Waals surface area contributed by atoms with E-state index < -0.39 is 10.2 Å². The minimum Gasteiger partial charge on any atom is -0.329 e. The molecule has 0 saturated carbocycles. The summed E-state index contributed by atoms with van der Waals surface area (Å²) in [6, 6.07) is 0.141. The molecule has 108 valence electrons. The largest absolute Gasteiger partial charge is 0.329 e. The molecule has 5 nitrogen and oxygen atoms in total. The van der Waals surface area contributed by atoms with Crippen molar-refractivity contribution in [3.8, 4) is 0 Å². The van der Waals surface area contributed by atoms with Crippen LogP contribution in [0.2, 0.25) is 0 Å². The highest BCUT2D eigenvalue weighted by Gasteiger charge is 2.39. The van der Waals surface area contributed by atoms with Gasteiger partial charge in [0.1, 0.15) is 0 Å². The van der Waals surface area contributed by atoms with Crippen LogP contribution < -0.4 is 5.73 Å². The van der Waals surface area contributed by atoms with E-state index in [-0.39, 0.29) is 24.5 Å². The lowest BCUT2D eigenvalue weighted by molar-refractivity contribution is 0.241. The molecular formula is C11H24ClN3O2S. The van der Waals surface area contributed by atoms with Crippen LogP contribution in [0.1, 0.15) is 39.0 Å². The lowest BCUT2D eigenvalue weighted by atomic mass is 10.1. The van der Waals surface area contributed by atoms with Gasteiger partial charge in [-0.25, -0.2) is 0 Å². The molecule has 0 spiro atoms. The van der Waals surface area contributed by atoms with Gasteiger partial charge in [0.25, 0.3) is 10.2 Å². The van der Waals surface area contributed by atoms with Crippen LogP contribution in [0.25, 0.3) is 0 Å². The van der Waals surface area contributed by atoms with Crippen molar-refractivity contribution in [2.45, 2.75) is 51.1 Å². The normalized spacial score (nSPS) is 31.2. The average Bonchev–Trinajstić information content (AvgIpc) is 2.78. The molecule has 0 aromatic heterocycles. The summed E-state index contributed by atoms with van der Waals surface area (Å²) >= 11 is 0. The van der Waals surface area contributed by atoms with Crippen LogP contribution in [0.4, 0.5) is 0 Å². The van der Waals surface area contributed by atoms with Crippen molar-refractivity contribution in [3.05, 3.63) is 0 Å².